The van der Waals surface area contributed by atoms with E-state index >= 15 is 0 Å². The third kappa shape index (κ3) is 3.62. The smallest absolute Gasteiger partial charge is 0.216 e. The van der Waals surface area contributed by atoms with Crippen LogP contribution in [0.3, 0.4) is 0 Å². The number of ether oxygens (including phenoxy) is 1. The summed E-state index contributed by atoms with van der Waals surface area (Å²) in [5, 5.41) is 11.1. The Morgan fingerprint density at radius 2 is 2.17 bits per heavy atom. The number of benzene rings is 1. The number of hydrogen-bond donors (Lipinski definition) is 1. The van der Waals surface area contributed by atoms with Crippen molar-refractivity contribution in [3.8, 4) is 5.75 Å². The number of nitrogens with zero attached hydrogens (tertiary/aromatic N) is 3. The monoisotopic (exact) mass is 342 g/mol. The van der Waals surface area contributed by atoms with Crippen LogP contribution in [0, 0.1) is 11.7 Å². The Balaban J connectivity index is 1.67. The van der Waals surface area contributed by atoms with Crippen molar-refractivity contribution in [2.45, 2.75) is 26.9 Å². The van der Waals surface area contributed by atoms with Crippen molar-refractivity contribution >= 4 is 18.4 Å². The van der Waals surface area contributed by atoms with Crippen LogP contribution in [0.2, 0.25) is 0 Å². The highest BCUT2D eigenvalue weighted by atomic mass is 32.1. The second-order valence-electron chi connectivity index (χ2n) is 5.21. The summed E-state index contributed by atoms with van der Waals surface area (Å²) in [7, 11) is 0. The molecule has 0 aliphatic heterocycles. The van der Waals surface area contributed by atoms with E-state index in [1.807, 2.05) is 50.2 Å². The summed E-state index contributed by atoms with van der Waals surface area (Å²) in [4.78, 5) is 0. The van der Waals surface area contributed by atoms with E-state index in [1.54, 1.807) is 10.9 Å². The molecule has 2 heterocycles. The van der Waals surface area contributed by atoms with E-state index in [2.05, 4.69) is 15.3 Å². The molecule has 3 rings (SSSR count). The van der Waals surface area contributed by atoms with E-state index in [0.717, 1.165) is 29.3 Å². The number of aryl methyl sites for hydroxylation is 2. The lowest BCUT2D eigenvalue weighted by Crippen LogP contribution is -1.97. The molecule has 1 N–H and O–H groups in total. The summed E-state index contributed by atoms with van der Waals surface area (Å²) in [5.74, 6) is 2.97. The van der Waals surface area contributed by atoms with Crippen LogP contribution < -0.4 is 4.74 Å². The first-order valence-electron chi connectivity index (χ1n) is 7.65. The lowest BCUT2D eigenvalue weighted by Gasteiger charge is -2.06. The Hall–Kier alpha value is -2.67. The predicted octanol–water partition coefficient (Wildman–Crippen LogP) is 3.87. The maximum Gasteiger partial charge on any atom is 0.216 e. The highest BCUT2D eigenvalue weighted by Gasteiger charge is 2.05. The van der Waals surface area contributed by atoms with Gasteiger partial charge in [0.2, 0.25) is 4.77 Å². The number of H-pyrrole nitrogens is 1. The maximum atomic E-state index is 5.77. The van der Waals surface area contributed by atoms with Crippen molar-refractivity contribution in [2.75, 3.05) is 0 Å². The van der Waals surface area contributed by atoms with Crippen LogP contribution in [-0.2, 0) is 13.0 Å². The number of aromatic amines is 1. The van der Waals surface area contributed by atoms with Gasteiger partial charge in [-0.1, -0.05) is 25.1 Å². The van der Waals surface area contributed by atoms with Gasteiger partial charge in [-0.05, 0) is 42.9 Å². The Bertz CT molecular complexity index is 907. The van der Waals surface area contributed by atoms with Crippen molar-refractivity contribution in [2.24, 2.45) is 5.10 Å². The van der Waals surface area contributed by atoms with Gasteiger partial charge in [-0.3, -0.25) is 5.10 Å². The molecule has 0 atom stereocenters. The summed E-state index contributed by atoms with van der Waals surface area (Å²) in [6.07, 6.45) is 2.35. The summed E-state index contributed by atoms with van der Waals surface area (Å²) in [5.41, 5.74) is 1.09. The van der Waals surface area contributed by atoms with Crippen molar-refractivity contribution in [1.82, 2.24) is 14.9 Å². The average molecular weight is 342 g/mol. The molecular weight excluding hydrogens is 324 g/mol. The molecular formula is C17H18N4O2S. The molecule has 0 fully saturated rings. The molecule has 0 bridgehead atoms. The van der Waals surface area contributed by atoms with E-state index in [1.165, 1.54) is 0 Å². The minimum absolute atomic E-state index is 0.365. The highest BCUT2D eigenvalue weighted by Crippen LogP contribution is 2.18. The summed E-state index contributed by atoms with van der Waals surface area (Å²) in [6, 6.07) is 11.6. The Labute approximate surface area is 144 Å². The molecule has 6 nitrogen and oxygen atoms in total. The van der Waals surface area contributed by atoms with E-state index in [-0.39, 0.29) is 0 Å². The van der Waals surface area contributed by atoms with Gasteiger partial charge in [0, 0.05) is 6.42 Å². The molecule has 7 heteroatoms. The van der Waals surface area contributed by atoms with E-state index in [0.29, 0.717) is 17.1 Å². The maximum absolute atomic E-state index is 5.77. The number of aromatic nitrogens is 3. The Kier molecular flexibility index (Phi) is 4.90. The van der Waals surface area contributed by atoms with Gasteiger partial charge >= 0.3 is 0 Å². The molecule has 2 aromatic heterocycles. The van der Waals surface area contributed by atoms with Gasteiger partial charge in [-0.15, -0.1) is 0 Å². The first kappa shape index (κ1) is 16.2. The molecule has 0 spiro atoms. The first-order chi connectivity index (χ1) is 11.7. The molecule has 0 saturated carbocycles. The normalized spacial score (nSPS) is 11.2. The van der Waals surface area contributed by atoms with Crippen molar-refractivity contribution in [3.05, 3.63) is 64.1 Å². The second-order valence-corrected chi connectivity index (χ2v) is 5.60. The number of para-hydroxylation sites is 1. The predicted molar refractivity (Wildman–Crippen MR) is 94.0 cm³/mol. The van der Waals surface area contributed by atoms with Crippen LogP contribution in [0.1, 0.15) is 29.8 Å². The third-order valence-corrected chi connectivity index (χ3v) is 3.74. The average Bonchev–Trinajstić information content (AvgIpc) is 3.18. The largest absolute Gasteiger partial charge is 0.485 e. The summed E-state index contributed by atoms with van der Waals surface area (Å²) < 4.78 is 13.5. The fourth-order valence-corrected chi connectivity index (χ4v) is 2.39. The molecule has 0 unspecified atom stereocenters. The zero-order valence-electron chi connectivity index (χ0n) is 13.5. The summed E-state index contributed by atoms with van der Waals surface area (Å²) in [6.45, 7) is 4.37. The zero-order chi connectivity index (χ0) is 16.9. The second kappa shape index (κ2) is 7.27. The first-order valence-corrected chi connectivity index (χ1v) is 8.06. The van der Waals surface area contributed by atoms with Crippen molar-refractivity contribution in [3.63, 3.8) is 0 Å². The van der Waals surface area contributed by atoms with Crippen LogP contribution >= 0.6 is 12.2 Å². The lowest BCUT2D eigenvalue weighted by molar-refractivity contribution is 0.268. The molecule has 0 saturated heterocycles. The van der Waals surface area contributed by atoms with Crippen LogP contribution in [0.4, 0.5) is 0 Å². The number of hydrogen-bond acceptors (Lipinski definition) is 5. The molecule has 0 amide bonds. The van der Waals surface area contributed by atoms with Crippen LogP contribution in [0.5, 0.6) is 5.75 Å². The molecule has 1 aromatic carbocycles. The standard InChI is InChI=1S/C17H18N4O2S/c1-3-16-19-20-17(24)21(16)18-10-13-8-9-14(23-13)11-22-15-7-5-4-6-12(15)2/h4-10H,3,11H2,1-2H3,(H,20,24)/b18-10+. The lowest BCUT2D eigenvalue weighted by atomic mass is 10.2. The molecule has 24 heavy (non-hydrogen) atoms. The Morgan fingerprint density at radius 1 is 1.33 bits per heavy atom. The minimum Gasteiger partial charge on any atom is -0.485 e. The van der Waals surface area contributed by atoms with Gasteiger partial charge in [0.1, 0.15) is 23.9 Å². The van der Waals surface area contributed by atoms with Crippen molar-refractivity contribution in [1.29, 1.82) is 0 Å². The molecule has 3 aromatic rings. The van der Waals surface area contributed by atoms with E-state index in [9.17, 15) is 0 Å². The van der Waals surface area contributed by atoms with Crippen LogP contribution in [0.15, 0.2) is 45.9 Å². The highest BCUT2D eigenvalue weighted by molar-refractivity contribution is 7.71. The topological polar surface area (TPSA) is 68.3 Å². The van der Waals surface area contributed by atoms with E-state index < -0.39 is 0 Å². The van der Waals surface area contributed by atoms with Gasteiger partial charge in [0.25, 0.3) is 0 Å². The summed E-state index contributed by atoms with van der Waals surface area (Å²) >= 11 is 5.15. The number of nitrogens with one attached hydrogen (secondary N) is 1. The SMILES string of the molecule is CCc1n[nH]c(=S)n1/N=C/c1ccc(COc2ccccc2C)o1. The van der Waals surface area contributed by atoms with Gasteiger partial charge < -0.3 is 9.15 Å². The van der Waals surface area contributed by atoms with Gasteiger partial charge in [-0.2, -0.15) is 14.9 Å². The number of furan rings is 1. The van der Waals surface area contributed by atoms with Crippen LogP contribution in [0.25, 0.3) is 0 Å². The van der Waals surface area contributed by atoms with Crippen LogP contribution in [-0.4, -0.2) is 21.1 Å². The molecule has 0 aliphatic carbocycles. The van der Waals surface area contributed by atoms with Crippen molar-refractivity contribution < 1.29 is 9.15 Å². The fourth-order valence-electron chi connectivity index (χ4n) is 2.20. The quantitative estimate of drug-likeness (QED) is 0.545. The third-order valence-electron chi connectivity index (χ3n) is 3.48. The number of rotatable bonds is 6. The van der Waals surface area contributed by atoms with E-state index in [4.69, 9.17) is 21.4 Å². The van der Waals surface area contributed by atoms with Gasteiger partial charge in [-0.25, -0.2) is 0 Å². The van der Waals surface area contributed by atoms with Gasteiger partial charge in [0.15, 0.2) is 5.82 Å². The Morgan fingerprint density at radius 3 is 2.96 bits per heavy atom. The van der Waals surface area contributed by atoms with Gasteiger partial charge in [0.05, 0.1) is 6.21 Å². The molecule has 0 radical (unpaired) electrons. The minimum atomic E-state index is 0.365. The molecule has 0 aliphatic rings. The molecule has 124 valence electrons. The zero-order valence-corrected chi connectivity index (χ0v) is 14.3. The fraction of sp³-hybridized carbons (Fsp3) is 0.235.